The minimum Gasteiger partial charge on any atom is -0.456 e. The molecule has 0 saturated heterocycles. The molecule has 0 aliphatic heterocycles. The fourth-order valence-corrected chi connectivity index (χ4v) is 10.4. The topological polar surface area (TPSA) is 9.23 Å². The highest BCUT2D eigenvalue weighted by atomic mass is 28.4. The van der Waals surface area contributed by atoms with Gasteiger partial charge in [0.2, 0.25) is 0 Å². The summed E-state index contributed by atoms with van der Waals surface area (Å²) < 4.78 is 6.36. The number of rotatable bonds is 6. The van der Waals surface area contributed by atoms with Crippen LogP contribution in [0.15, 0.2) is 24.3 Å². The van der Waals surface area contributed by atoms with E-state index in [1.54, 1.807) is 0 Å². The van der Waals surface area contributed by atoms with Crippen LogP contribution in [0.2, 0.25) is 38.8 Å². The molecule has 0 fully saturated rings. The minimum absolute atomic E-state index is 1.19. The molecule has 0 aliphatic rings. The highest BCUT2D eigenvalue weighted by molar-refractivity contribution is 6.84. The van der Waals surface area contributed by atoms with Crippen molar-refractivity contribution in [2.45, 2.75) is 58.5 Å². The molecule has 0 aliphatic carbocycles. The monoisotopic (exact) mass is 280 g/mol. The van der Waals surface area contributed by atoms with Gasteiger partial charge in [0.1, 0.15) is 0 Å². The van der Waals surface area contributed by atoms with Crippen molar-refractivity contribution in [3.8, 4) is 0 Å². The van der Waals surface area contributed by atoms with Crippen LogP contribution in [-0.2, 0) is 10.5 Å². The molecular weight excluding hydrogens is 252 g/mol. The summed E-state index contributed by atoms with van der Waals surface area (Å²) in [5, 5.41) is 0. The lowest BCUT2D eigenvalue weighted by Crippen LogP contribution is -2.42. The zero-order valence-corrected chi connectivity index (χ0v) is 14.8. The second kappa shape index (κ2) is 6.17. The fourth-order valence-electron chi connectivity index (χ4n) is 2.35. The standard InChI is InChI=1S/C15H28OSi2/c1-14-9-11-15(12-10-14)8-7-13-18(5,6)16-17(2,3)4/h9-12H,7-8,13H2,1-6H3. The van der Waals surface area contributed by atoms with Crippen LogP contribution in [0, 0.1) is 6.92 Å². The molecule has 0 atom stereocenters. The van der Waals surface area contributed by atoms with E-state index in [1.165, 1.54) is 30.0 Å². The first-order valence-corrected chi connectivity index (χ1v) is 13.5. The van der Waals surface area contributed by atoms with Crippen LogP contribution in [0.3, 0.4) is 0 Å². The molecule has 0 unspecified atom stereocenters. The lowest BCUT2D eigenvalue weighted by molar-refractivity contribution is 0.544. The van der Waals surface area contributed by atoms with Gasteiger partial charge in [-0.25, -0.2) is 0 Å². The third kappa shape index (κ3) is 6.52. The predicted octanol–water partition coefficient (Wildman–Crippen LogP) is 4.98. The van der Waals surface area contributed by atoms with E-state index in [0.29, 0.717) is 0 Å². The highest BCUT2D eigenvalue weighted by Gasteiger charge is 2.28. The van der Waals surface area contributed by atoms with Crippen molar-refractivity contribution in [2.75, 3.05) is 0 Å². The Balaban J connectivity index is 2.39. The van der Waals surface area contributed by atoms with Gasteiger partial charge in [-0.05, 0) is 64.1 Å². The summed E-state index contributed by atoms with van der Waals surface area (Å²) in [6.45, 7) is 13.7. The zero-order valence-electron chi connectivity index (χ0n) is 12.8. The van der Waals surface area contributed by atoms with E-state index >= 15 is 0 Å². The Morgan fingerprint density at radius 1 is 0.944 bits per heavy atom. The number of benzene rings is 1. The van der Waals surface area contributed by atoms with Gasteiger partial charge in [0.15, 0.2) is 16.6 Å². The molecule has 102 valence electrons. The van der Waals surface area contributed by atoms with E-state index in [1.807, 2.05) is 0 Å². The van der Waals surface area contributed by atoms with Crippen LogP contribution < -0.4 is 0 Å². The van der Waals surface area contributed by atoms with Gasteiger partial charge in [-0.3, -0.25) is 0 Å². The van der Waals surface area contributed by atoms with E-state index in [0.717, 1.165) is 0 Å². The fraction of sp³-hybridized carbons (Fsp3) is 0.600. The average Bonchev–Trinajstić information content (AvgIpc) is 2.17. The molecule has 18 heavy (non-hydrogen) atoms. The third-order valence-electron chi connectivity index (χ3n) is 2.95. The number of hydrogen-bond acceptors (Lipinski definition) is 1. The molecule has 1 rings (SSSR count). The normalized spacial score (nSPS) is 12.8. The Hall–Kier alpha value is -0.386. The second-order valence-electron chi connectivity index (χ2n) is 6.81. The van der Waals surface area contributed by atoms with Crippen molar-refractivity contribution in [1.29, 1.82) is 0 Å². The van der Waals surface area contributed by atoms with Gasteiger partial charge >= 0.3 is 0 Å². The van der Waals surface area contributed by atoms with Gasteiger partial charge in [-0.15, -0.1) is 0 Å². The van der Waals surface area contributed by atoms with Crippen LogP contribution >= 0.6 is 0 Å². The molecule has 1 aromatic rings. The lowest BCUT2D eigenvalue weighted by atomic mass is 10.1. The molecule has 0 saturated carbocycles. The summed E-state index contributed by atoms with van der Waals surface area (Å²) in [4.78, 5) is 0. The predicted molar refractivity (Wildman–Crippen MR) is 86.2 cm³/mol. The van der Waals surface area contributed by atoms with Crippen LogP contribution in [0.4, 0.5) is 0 Å². The smallest absolute Gasteiger partial charge is 0.173 e. The first-order valence-electron chi connectivity index (χ1n) is 6.94. The number of hydrogen-bond donors (Lipinski definition) is 0. The summed E-state index contributed by atoms with van der Waals surface area (Å²) in [7, 11) is -2.81. The maximum Gasteiger partial charge on any atom is 0.173 e. The first kappa shape index (κ1) is 15.7. The van der Waals surface area contributed by atoms with Gasteiger partial charge in [-0.1, -0.05) is 29.8 Å². The molecule has 0 amide bonds. The van der Waals surface area contributed by atoms with E-state index in [4.69, 9.17) is 4.12 Å². The average molecular weight is 281 g/mol. The second-order valence-corrected chi connectivity index (χ2v) is 15.9. The van der Waals surface area contributed by atoms with Crippen LogP contribution in [-0.4, -0.2) is 16.6 Å². The Bertz CT molecular complexity index is 363. The summed E-state index contributed by atoms with van der Waals surface area (Å²) in [5.41, 5.74) is 2.80. The van der Waals surface area contributed by atoms with Crippen LogP contribution in [0.5, 0.6) is 0 Å². The van der Waals surface area contributed by atoms with E-state index in [2.05, 4.69) is 63.9 Å². The minimum atomic E-state index is -1.44. The van der Waals surface area contributed by atoms with Crippen molar-refractivity contribution in [3.63, 3.8) is 0 Å². The summed E-state index contributed by atoms with van der Waals surface area (Å²) in [6, 6.07) is 10.2. The zero-order chi connectivity index (χ0) is 13.8. The van der Waals surface area contributed by atoms with Crippen molar-refractivity contribution < 1.29 is 4.12 Å². The Morgan fingerprint density at radius 2 is 1.50 bits per heavy atom. The molecule has 0 aromatic heterocycles. The van der Waals surface area contributed by atoms with Gasteiger partial charge < -0.3 is 4.12 Å². The van der Waals surface area contributed by atoms with E-state index in [9.17, 15) is 0 Å². The van der Waals surface area contributed by atoms with Crippen LogP contribution in [0.1, 0.15) is 17.5 Å². The van der Waals surface area contributed by atoms with Crippen molar-refractivity contribution in [3.05, 3.63) is 35.4 Å². The molecule has 0 heterocycles. The Labute approximate surface area is 115 Å². The van der Waals surface area contributed by atoms with Gasteiger partial charge in [-0.2, -0.15) is 0 Å². The summed E-state index contributed by atoms with van der Waals surface area (Å²) >= 11 is 0. The summed E-state index contributed by atoms with van der Waals surface area (Å²) in [6.07, 6.45) is 2.44. The Morgan fingerprint density at radius 3 is 2.00 bits per heavy atom. The molecule has 0 bridgehead atoms. The van der Waals surface area contributed by atoms with E-state index < -0.39 is 16.6 Å². The summed E-state index contributed by atoms with van der Waals surface area (Å²) in [5.74, 6) is 0. The highest BCUT2D eigenvalue weighted by Crippen LogP contribution is 2.21. The van der Waals surface area contributed by atoms with Crippen molar-refractivity contribution >= 4 is 16.6 Å². The number of aryl methyl sites for hydroxylation is 2. The maximum absolute atomic E-state index is 6.36. The largest absolute Gasteiger partial charge is 0.456 e. The van der Waals surface area contributed by atoms with Crippen molar-refractivity contribution in [2.24, 2.45) is 0 Å². The molecule has 1 aromatic carbocycles. The van der Waals surface area contributed by atoms with Gasteiger partial charge in [0.25, 0.3) is 0 Å². The van der Waals surface area contributed by atoms with Crippen molar-refractivity contribution in [1.82, 2.24) is 0 Å². The molecular formula is C15H28OSi2. The lowest BCUT2D eigenvalue weighted by Gasteiger charge is -2.31. The maximum atomic E-state index is 6.36. The molecule has 3 heteroatoms. The van der Waals surface area contributed by atoms with Crippen LogP contribution in [0.25, 0.3) is 0 Å². The van der Waals surface area contributed by atoms with E-state index in [-0.39, 0.29) is 0 Å². The molecule has 0 N–H and O–H groups in total. The van der Waals surface area contributed by atoms with Gasteiger partial charge in [0.05, 0.1) is 0 Å². The Kier molecular flexibility index (Phi) is 5.37. The quantitative estimate of drug-likeness (QED) is 0.667. The van der Waals surface area contributed by atoms with Gasteiger partial charge in [0, 0.05) is 0 Å². The first-order chi connectivity index (χ1) is 8.18. The molecule has 0 spiro atoms. The molecule has 0 radical (unpaired) electrons. The third-order valence-corrected chi connectivity index (χ3v) is 9.16. The SMILES string of the molecule is Cc1ccc(CCC[Si](C)(C)O[Si](C)(C)C)cc1. The molecule has 1 nitrogen and oxygen atoms in total.